The van der Waals surface area contributed by atoms with E-state index in [4.69, 9.17) is 5.73 Å². The summed E-state index contributed by atoms with van der Waals surface area (Å²) in [6.45, 7) is 10.6. The van der Waals surface area contributed by atoms with Gasteiger partial charge in [0.15, 0.2) is 0 Å². The van der Waals surface area contributed by atoms with E-state index < -0.39 is 0 Å². The Hall–Kier alpha value is -1.81. The first-order chi connectivity index (χ1) is 10.8. The normalized spacial score (nSPS) is 16.3. The van der Waals surface area contributed by atoms with Gasteiger partial charge in [0.05, 0.1) is 0 Å². The molecule has 0 saturated heterocycles. The van der Waals surface area contributed by atoms with E-state index in [1.165, 1.54) is 33.3 Å². The van der Waals surface area contributed by atoms with Crippen molar-refractivity contribution in [2.45, 2.75) is 53.2 Å². The zero-order valence-corrected chi connectivity index (χ0v) is 14.8. The van der Waals surface area contributed by atoms with Crippen LogP contribution in [0.4, 0.5) is 0 Å². The van der Waals surface area contributed by atoms with Gasteiger partial charge >= 0.3 is 0 Å². The molecule has 1 unspecified atom stereocenters. The number of aryl methyl sites for hydroxylation is 1. The van der Waals surface area contributed by atoms with E-state index in [1.54, 1.807) is 0 Å². The number of carbonyl (C=O) groups excluding carboxylic acids is 1. The predicted octanol–water partition coefficient (Wildman–Crippen LogP) is 2.87. The Morgan fingerprint density at radius 3 is 2.39 bits per heavy atom. The first-order valence-corrected chi connectivity index (χ1v) is 8.42. The van der Waals surface area contributed by atoms with Gasteiger partial charge in [0, 0.05) is 48.7 Å². The highest BCUT2D eigenvalue weighted by molar-refractivity contribution is 5.88. The van der Waals surface area contributed by atoms with Crippen LogP contribution in [0.2, 0.25) is 0 Å². The third kappa shape index (κ3) is 2.65. The third-order valence-electron chi connectivity index (χ3n) is 5.42. The monoisotopic (exact) mass is 313 g/mol. The molecule has 1 aliphatic rings. The van der Waals surface area contributed by atoms with Crippen LogP contribution >= 0.6 is 0 Å². The second kappa shape index (κ2) is 5.68. The van der Waals surface area contributed by atoms with Crippen LogP contribution in [0.1, 0.15) is 43.2 Å². The van der Waals surface area contributed by atoms with Gasteiger partial charge in [-0.1, -0.05) is 6.92 Å². The fourth-order valence-electron chi connectivity index (χ4n) is 3.59. The number of aromatic nitrogens is 1. The number of nitrogens with zero attached hydrogens (tertiary/aromatic N) is 2. The van der Waals surface area contributed by atoms with E-state index in [2.05, 4.69) is 49.4 Å². The molecule has 2 N–H and O–H groups in total. The molecular formula is C19H27N3O. The molecule has 4 heteroatoms. The number of carbonyl (C=O) groups is 1. The van der Waals surface area contributed by atoms with E-state index in [0.717, 1.165) is 13.1 Å². The average Bonchev–Trinajstić information content (AvgIpc) is 3.00. The molecular weight excluding hydrogens is 286 g/mol. The van der Waals surface area contributed by atoms with E-state index in [-0.39, 0.29) is 11.8 Å². The SMILES string of the molecule is Cc1c(CC(C)C(N)=O)c2cc3c(cc2n1C)CN(C(C)C)C3. The zero-order valence-electron chi connectivity index (χ0n) is 14.8. The van der Waals surface area contributed by atoms with Crippen LogP contribution < -0.4 is 5.73 Å². The highest BCUT2D eigenvalue weighted by Crippen LogP contribution is 2.34. The second-order valence-corrected chi connectivity index (χ2v) is 7.27. The van der Waals surface area contributed by atoms with Crippen molar-refractivity contribution >= 4 is 16.8 Å². The first kappa shape index (κ1) is 16.1. The number of hydrogen-bond donors (Lipinski definition) is 1. The van der Waals surface area contributed by atoms with Crippen LogP contribution in [0.3, 0.4) is 0 Å². The molecule has 124 valence electrons. The molecule has 2 aromatic rings. The standard InChI is InChI=1S/C19H27N3O/c1-11(2)22-9-14-7-17-16(6-12(3)19(20)23)13(4)21(5)18(17)8-15(14)10-22/h7-8,11-12H,6,9-10H2,1-5H3,(H2,20,23). The molecule has 1 aromatic heterocycles. The van der Waals surface area contributed by atoms with Crippen LogP contribution in [0.15, 0.2) is 12.1 Å². The van der Waals surface area contributed by atoms with Gasteiger partial charge < -0.3 is 10.3 Å². The number of nitrogens with two attached hydrogens (primary N) is 1. The summed E-state index contributed by atoms with van der Waals surface area (Å²) in [6, 6.07) is 5.23. The van der Waals surface area contributed by atoms with Gasteiger partial charge in [-0.2, -0.15) is 0 Å². The fourth-order valence-corrected chi connectivity index (χ4v) is 3.59. The molecule has 1 atom stereocenters. The van der Waals surface area contributed by atoms with Crippen LogP contribution in [0.25, 0.3) is 10.9 Å². The van der Waals surface area contributed by atoms with Gasteiger partial charge in [-0.15, -0.1) is 0 Å². The number of fused-ring (bicyclic) bond motifs is 2. The quantitative estimate of drug-likeness (QED) is 0.943. The fraction of sp³-hybridized carbons (Fsp3) is 0.526. The number of hydrogen-bond acceptors (Lipinski definition) is 2. The number of amides is 1. The van der Waals surface area contributed by atoms with E-state index in [1.807, 2.05) is 6.92 Å². The summed E-state index contributed by atoms with van der Waals surface area (Å²) in [6.07, 6.45) is 0.713. The molecule has 0 saturated carbocycles. The molecule has 0 fully saturated rings. The summed E-state index contributed by atoms with van der Waals surface area (Å²) in [5, 5.41) is 1.28. The van der Waals surface area contributed by atoms with Crippen molar-refractivity contribution in [2.24, 2.45) is 18.7 Å². The summed E-state index contributed by atoms with van der Waals surface area (Å²) >= 11 is 0. The minimum absolute atomic E-state index is 0.139. The van der Waals surface area contributed by atoms with Crippen molar-refractivity contribution in [3.8, 4) is 0 Å². The van der Waals surface area contributed by atoms with Crippen LogP contribution in [0, 0.1) is 12.8 Å². The highest BCUT2D eigenvalue weighted by Gasteiger charge is 2.24. The molecule has 3 rings (SSSR count). The van der Waals surface area contributed by atoms with Gasteiger partial charge in [-0.05, 0) is 56.0 Å². The largest absolute Gasteiger partial charge is 0.369 e. The molecule has 1 amide bonds. The average molecular weight is 313 g/mol. The lowest BCUT2D eigenvalue weighted by Crippen LogP contribution is -2.24. The van der Waals surface area contributed by atoms with Crippen molar-refractivity contribution in [1.82, 2.24) is 9.47 Å². The summed E-state index contributed by atoms with van der Waals surface area (Å²) in [5.41, 5.74) is 12.1. The van der Waals surface area contributed by atoms with Gasteiger partial charge in [0.1, 0.15) is 0 Å². The number of primary amides is 1. The summed E-state index contributed by atoms with van der Waals surface area (Å²) in [7, 11) is 2.11. The molecule has 1 aliphatic heterocycles. The minimum Gasteiger partial charge on any atom is -0.369 e. The van der Waals surface area contributed by atoms with Gasteiger partial charge in [0.25, 0.3) is 0 Å². The Kier molecular flexibility index (Phi) is 3.96. The Bertz CT molecular complexity index is 773. The molecule has 23 heavy (non-hydrogen) atoms. The van der Waals surface area contributed by atoms with Crippen LogP contribution in [-0.4, -0.2) is 21.4 Å². The smallest absolute Gasteiger partial charge is 0.220 e. The van der Waals surface area contributed by atoms with Crippen molar-refractivity contribution in [3.05, 3.63) is 34.5 Å². The van der Waals surface area contributed by atoms with Crippen molar-refractivity contribution < 1.29 is 4.79 Å². The minimum atomic E-state index is -0.228. The number of benzene rings is 1. The van der Waals surface area contributed by atoms with Gasteiger partial charge in [0.2, 0.25) is 5.91 Å². The summed E-state index contributed by atoms with van der Waals surface area (Å²) in [5.74, 6) is -0.367. The van der Waals surface area contributed by atoms with E-state index in [0.29, 0.717) is 12.5 Å². The maximum atomic E-state index is 11.5. The molecule has 4 nitrogen and oxygen atoms in total. The second-order valence-electron chi connectivity index (χ2n) is 7.27. The Morgan fingerprint density at radius 2 is 1.83 bits per heavy atom. The first-order valence-electron chi connectivity index (χ1n) is 8.42. The Balaban J connectivity index is 2.08. The van der Waals surface area contributed by atoms with E-state index in [9.17, 15) is 4.79 Å². The molecule has 0 bridgehead atoms. The summed E-state index contributed by atoms with van der Waals surface area (Å²) < 4.78 is 2.25. The van der Waals surface area contributed by atoms with Crippen molar-refractivity contribution in [2.75, 3.05) is 0 Å². The topological polar surface area (TPSA) is 51.3 Å². The Labute approximate surface area is 138 Å². The lowest BCUT2D eigenvalue weighted by Gasteiger charge is -2.18. The summed E-state index contributed by atoms with van der Waals surface area (Å²) in [4.78, 5) is 14.0. The Morgan fingerprint density at radius 1 is 1.22 bits per heavy atom. The molecule has 1 aromatic carbocycles. The maximum absolute atomic E-state index is 11.5. The lowest BCUT2D eigenvalue weighted by molar-refractivity contribution is -0.121. The molecule has 0 radical (unpaired) electrons. The van der Waals surface area contributed by atoms with Gasteiger partial charge in [-0.3, -0.25) is 9.69 Å². The number of rotatable bonds is 4. The lowest BCUT2D eigenvalue weighted by atomic mass is 9.96. The third-order valence-corrected chi connectivity index (χ3v) is 5.42. The predicted molar refractivity (Wildman–Crippen MR) is 94.1 cm³/mol. The molecule has 0 aliphatic carbocycles. The molecule has 2 heterocycles. The van der Waals surface area contributed by atoms with E-state index >= 15 is 0 Å². The van der Waals surface area contributed by atoms with Crippen LogP contribution in [-0.2, 0) is 31.4 Å². The highest BCUT2D eigenvalue weighted by atomic mass is 16.1. The maximum Gasteiger partial charge on any atom is 0.220 e. The van der Waals surface area contributed by atoms with Crippen LogP contribution in [0.5, 0.6) is 0 Å². The zero-order chi connectivity index (χ0) is 16.9. The molecule has 0 spiro atoms. The van der Waals surface area contributed by atoms with Crippen molar-refractivity contribution in [3.63, 3.8) is 0 Å². The van der Waals surface area contributed by atoms with Gasteiger partial charge in [-0.25, -0.2) is 0 Å². The van der Waals surface area contributed by atoms with Crippen molar-refractivity contribution in [1.29, 1.82) is 0 Å².